The first-order valence-electron chi connectivity index (χ1n) is 28.0. The summed E-state index contributed by atoms with van der Waals surface area (Å²) in [5.41, 5.74) is 2.29. The van der Waals surface area contributed by atoms with Gasteiger partial charge >= 0.3 is 11.9 Å². The highest BCUT2D eigenvalue weighted by atomic mass is 16.5. The number of aliphatic hydroxyl groups is 1. The van der Waals surface area contributed by atoms with Crippen molar-refractivity contribution in [3.63, 3.8) is 0 Å². The van der Waals surface area contributed by atoms with Gasteiger partial charge in [-0.15, -0.1) is 0 Å². The Labute approximate surface area is 403 Å². The Balaban J connectivity index is 0.00000106. The van der Waals surface area contributed by atoms with E-state index in [-0.39, 0.29) is 12.4 Å². The van der Waals surface area contributed by atoms with Crippen molar-refractivity contribution in [3.8, 4) is 0 Å². The number of carbonyl (C=O) groups excluding carboxylic acids is 1. The Kier molecular flexibility index (Phi) is 48.7. The van der Waals surface area contributed by atoms with Crippen LogP contribution >= 0.6 is 0 Å². The fraction of sp³-hybridized carbons (Fsp3) is 0.767. The molecule has 2 aromatic carbocycles. The Hall–Kier alpha value is -2.66. The molecule has 0 aliphatic carbocycles. The number of aryl methyl sites for hydroxylation is 2. The second-order valence-corrected chi connectivity index (χ2v) is 19.3. The van der Waals surface area contributed by atoms with Crippen LogP contribution in [0.2, 0.25) is 0 Å². The SMILES string of the molecule is CCCCCCCCCCC(CCCCCCCC)CCOC(=O)CCc1ccccc1.CCCCCCCCCCC(CCO)CCCCCCCC.O=C(O)CCc1ccccc1. The zero-order valence-electron chi connectivity index (χ0n) is 43.3. The van der Waals surface area contributed by atoms with E-state index in [0.717, 1.165) is 36.7 Å². The Bertz CT molecular complexity index is 1230. The van der Waals surface area contributed by atoms with E-state index in [1.54, 1.807) is 0 Å². The molecule has 0 saturated carbocycles. The summed E-state index contributed by atoms with van der Waals surface area (Å²) in [6.07, 6.45) is 48.4. The van der Waals surface area contributed by atoms with Crippen molar-refractivity contribution in [2.75, 3.05) is 13.2 Å². The van der Waals surface area contributed by atoms with Gasteiger partial charge in [-0.05, 0) is 48.6 Å². The molecule has 0 spiro atoms. The number of unbranched alkanes of at least 4 members (excludes halogenated alkanes) is 24. The maximum Gasteiger partial charge on any atom is 0.306 e. The van der Waals surface area contributed by atoms with Crippen LogP contribution in [0.5, 0.6) is 0 Å². The van der Waals surface area contributed by atoms with Gasteiger partial charge in [-0.3, -0.25) is 9.59 Å². The lowest BCUT2D eigenvalue weighted by atomic mass is 9.91. The molecule has 5 nitrogen and oxygen atoms in total. The lowest BCUT2D eigenvalue weighted by Gasteiger charge is -2.17. The van der Waals surface area contributed by atoms with Crippen LogP contribution in [0.3, 0.4) is 0 Å². The largest absolute Gasteiger partial charge is 0.481 e. The molecule has 2 atom stereocenters. The predicted molar refractivity (Wildman–Crippen MR) is 282 cm³/mol. The molecule has 376 valence electrons. The number of carbonyl (C=O) groups is 2. The molecule has 2 rings (SSSR count). The summed E-state index contributed by atoms with van der Waals surface area (Å²) in [4.78, 5) is 22.3. The Morgan fingerprint density at radius 2 is 0.723 bits per heavy atom. The van der Waals surface area contributed by atoms with E-state index in [2.05, 4.69) is 39.8 Å². The molecule has 2 N–H and O–H groups in total. The second-order valence-electron chi connectivity index (χ2n) is 19.3. The molecule has 0 bridgehead atoms. The number of benzene rings is 2. The van der Waals surface area contributed by atoms with Crippen molar-refractivity contribution in [2.45, 2.75) is 272 Å². The zero-order chi connectivity index (χ0) is 47.5. The predicted octanol–water partition coefficient (Wildman–Crippen LogP) is 18.4. The molecule has 5 heteroatoms. The monoisotopic (exact) mass is 907 g/mol. The summed E-state index contributed by atoms with van der Waals surface area (Å²) in [6.45, 7) is 10.1. The molecular weight excluding hydrogens is 801 g/mol. The summed E-state index contributed by atoms with van der Waals surface area (Å²) in [5, 5.41) is 17.6. The molecular formula is C60H106O5. The van der Waals surface area contributed by atoms with Crippen LogP contribution < -0.4 is 0 Å². The number of aliphatic carboxylic acids is 1. The van der Waals surface area contributed by atoms with E-state index in [4.69, 9.17) is 9.84 Å². The molecule has 65 heavy (non-hydrogen) atoms. The minimum Gasteiger partial charge on any atom is -0.481 e. The molecule has 0 fully saturated rings. The topological polar surface area (TPSA) is 83.8 Å². The van der Waals surface area contributed by atoms with E-state index >= 15 is 0 Å². The van der Waals surface area contributed by atoms with Crippen LogP contribution in [-0.2, 0) is 27.2 Å². The number of carboxylic acid groups (broad SMARTS) is 1. The van der Waals surface area contributed by atoms with Crippen LogP contribution in [0.15, 0.2) is 60.7 Å². The number of hydrogen-bond donors (Lipinski definition) is 2. The van der Waals surface area contributed by atoms with Gasteiger partial charge in [0.25, 0.3) is 0 Å². The number of ether oxygens (including phenoxy) is 1. The quantitative estimate of drug-likeness (QED) is 0.0512. The van der Waals surface area contributed by atoms with Gasteiger partial charge in [-0.2, -0.15) is 0 Å². The van der Waals surface area contributed by atoms with Crippen molar-refractivity contribution in [2.24, 2.45) is 11.8 Å². The number of aliphatic hydroxyl groups excluding tert-OH is 1. The van der Waals surface area contributed by atoms with Crippen LogP contribution in [-0.4, -0.2) is 35.4 Å². The third-order valence-corrected chi connectivity index (χ3v) is 13.1. The van der Waals surface area contributed by atoms with Crippen molar-refractivity contribution < 1.29 is 24.5 Å². The van der Waals surface area contributed by atoms with Crippen molar-refractivity contribution in [1.29, 1.82) is 0 Å². The van der Waals surface area contributed by atoms with Crippen molar-refractivity contribution in [3.05, 3.63) is 71.8 Å². The molecule has 0 saturated heterocycles. The summed E-state index contributed by atoms with van der Waals surface area (Å²) in [7, 11) is 0. The maximum absolute atomic E-state index is 12.1. The van der Waals surface area contributed by atoms with E-state index in [9.17, 15) is 14.7 Å². The van der Waals surface area contributed by atoms with E-state index in [1.165, 1.54) is 211 Å². The minimum atomic E-state index is -0.742. The normalized spacial score (nSPS) is 11.8. The summed E-state index contributed by atoms with van der Waals surface area (Å²) in [6, 6.07) is 19.8. The summed E-state index contributed by atoms with van der Waals surface area (Å²) >= 11 is 0. The molecule has 0 radical (unpaired) electrons. The van der Waals surface area contributed by atoms with E-state index in [1.807, 2.05) is 48.5 Å². The molecule has 0 heterocycles. The highest BCUT2D eigenvalue weighted by molar-refractivity contribution is 5.69. The van der Waals surface area contributed by atoms with Gasteiger partial charge in [0.05, 0.1) is 6.61 Å². The van der Waals surface area contributed by atoms with Gasteiger partial charge in [0.1, 0.15) is 0 Å². The lowest BCUT2D eigenvalue weighted by molar-refractivity contribution is -0.144. The van der Waals surface area contributed by atoms with Crippen LogP contribution in [0.25, 0.3) is 0 Å². The first kappa shape index (κ1) is 62.3. The lowest BCUT2D eigenvalue weighted by Crippen LogP contribution is -2.11. The smallest absolute Gasteiger partial charge is 0.306 e. The number of hydrogen-bond acceptors (Lipinski definition) is 4. The van der Waals surface area contributed by atoms with Crippen molar-refractivity contribution in [1.82, 2.24) is 0 Å². The molecule has 2 unspecified atom stereocenters. The van der Waals surface area contributed by atoms with Gasteiger partial charge in [0, 0.05) is 19.4 Å². The third-order valence-electron chi connectivity index (χ3n) is 13.1. The van der Waals surface area contributed by atoms with Crippen molar-refractivity contribution >= 4 is 11.9 Å². The maximum atomic E-state index is 12.1. The van der Waals surface area contributed by atoms with Gasteiger partial charge in [-0.25, -0.2) is 0 Å². The molecule has 0 aromatic heterocycles. The fourth-order valence-corrected chi connectivity index (χ4v) is 8.81. The number of rotatable bonds is 43. The summed E-state index contributed by atoms with van der Waals surface area (Å²) < 4.78 is 5.60. The Morgan fingerprint density at radius 3 is 1.05 bits per heavy atom. The molecule has 0 aliphatic rings. The fourth-order valence-electron chi connectivity index (χ4n) is 8.81. The minimum absolute atomic E-state index is 0.0424. The summed E-state index contributed by atoms with van der Waals surface area (Å²) in [5.74, 6) is 0.729. The zero-order valence-corrected chi connectivity index (χ0v) is 43.3. The van der Waals surface area contributed by atoms with Gasteiger partial charge < -0.3 is 14.9 Å². The second kappa shape index (κ2) is 50.7. The Morgan fingerprint density at radius 1 is 0.415 bits per heavy atom. The van der Waals surface area contributed by atoms with E-state index < -0.39 is 5.97 Å². The average molecular weight is 908 g/mol. The van der Waals surface area contributed by atoms with Gasteiger partial charge in [0.15, 0.2) is 0 Å². The molecule has 0 aliphatic heterocycles. The first-order valence-corrected chi connectivity index (χ1v) is 28.0. The third kappa shape index (κ3) is 46.2. The highest BCUT2D eigenvalue weighted by Crippen LogP contribution is 2.24. The number of esters is 1. The highest BCUT2D eigenvalue weighted by Gasteiger charge is 2.12. The molecule has 0 amide bonds. The first-order chi connectivity index (χ1) is 31.9. The van der Waals surface area contributed by atoms with Gasteiger partial charge in [-0.1, -0.05) is 294 Å². The van der Waals surface area contributed by atoms with Crippen LogP contribution in [0.4, 0.5) is 0 Å². The van der Waals surface area contributed by atoms with Crippen LogP contribution in [0, 0.1) is 11.8 Å². The number of carboxylic acids is 1. The standard InChI is InChI=1S/C30H52O2.C21H44O.C9H10O2/c1-3-5-7-9-11-12-14-17-23-29(22-16-13-10-8-6-4-2)26-27-32-30(31)25-24-28-20-18-15-19-21-28;1-3-5-7-9-11-12-14-16-18-21(19-20-22)17-15-13-10-8-6-4-2;10-9(11)7-6-8-4-2-1-3-5-8/h15,18-21,29H,3-14,16-17,22-27H2,1-2H3;21-22H,3-20H2,1-2H3;1-5H,6-7H2,(H,10,11). The average Bonchev–Trinajstić information content (AvgIpc) is 3.32. The van der Waals surface area contributed by atoms with Gasteiger partial charge in [0.2, 0.25) is 0 Å². The molecule has 2 aromatic rings. The van der Waals surface area contributed by atoms with Crippen LogP contribution in [0.1, 0.15) is 270 Å². The van der Waals surface area contributed by atoms with E-state index in [0.29, 0.717) is 26.1 Å².